The first-order valence-corrected chi connectivity index (χ1v) is 9.26. The molecule has 0 aliphatic heterocycles. The zero-order valence-electron chi connectivity index (χ0n) is 14.5. The zero-order chi connectivity index (χ0) is 19.3. The number of benzene rings is 2. The fraction of sp³-hybridized carbons (Fsp3) is 0. The van der Waals surface area contributed by atoms with Crippen LogP contribution >= 0.6 is 11.3 Å². The van der Waals surface area contributed by atoms with Crippen molar-refractivity contribution in [2.75, 3.05) is 5.32 Å². The van der Waals surface area contributed by atoms with E-state index in [0.717, 1.165) is 5.52 Å². The van der Waals surface area contributed by atoms with E-state index in [4.69, 9.17) is 9.15 Å². The molecule has 0 radical (unpaired) electrons. The van der Waals surface area contributed by atoms with E-state index in [9.17, 15) is 9.59 Å². The maximum Gasteiger partial charge on any atom is 0.336 e. The summed E-state index contributed by atoms with van der Waals surface area (Å²) >= 11 is 1.36. The lowest BCUT2D eigenvalue weighted by Crippen LogP contribution is -2.10. The Morgan fingerprint density at radius 1 is 1.04 bits per heavy atom. The molecule has 0 unspecified atom stereocenters. The molecule has 0 fully saturated rings. The summed E-state index contributed by atoms with van der Waals surface area (Å²) in [5.74, 6) is -0.0511. The van der Waals surface area contributed by atoms with Gasteiger partial charge in [-0.05, 0) is 47.8 Å². The zero-order valence-corrected chi connectivity index (χ0v) is 15.3. The van der Waals surface area contributed by atoms with E-state index in [1.165, 1.54) is 23.5 Å². The fourth-order valence-electron chi connectivity index (χ4n) is 2.46. The van der Waals surface area contributed by atoms with Crippen molar-refractivity contribution in [1.82, 2.24) is 4.98 Å². The first-order chi connectivity index (χ1) is 13.7. The standard InChI is InChI=1S/C21H14N2O4S/c24-20(12-11-19-23-16-4-1-2-5-17(16)27-19)26-15-9-7-14(8-10-15)22-21(25)18-6-3-13-28-18/h1-13H,(H,22,25)/b12-11+. The van der Waals surface area contributed by atoms with Crippen LogP contribution in [0.4, 0.5) is 5.69 Å². The molecule has 1 N–H and O–H groups in total. The van der Waals surface area contributed by atoms with Gasteiger partial charge in [-0.2, -0.15) is 0 Å². The number of thiophene rings is 1. The highest BCUT2D eigenvalue weighted by Gasteiger charge is 2.08. The number of aromatic nitrogens is 1. The SMILES string of the molecule is O=C(/C=C/c1nc2ccccc2o1)Oc1ccc(NC(=O)c2cccs2)cc1. The molecule has 0 bridgehead atoms. The van der Waals surface area contributed by atoms with Crippen LogP contribution in [-0.4, -0.2) is 16.9 Å². The minimum atomic E-state index is -0.558. The van der Waals surface area contributed by atoms with Crippen LogP contribution in [0.2, 0.25) is 0 Å². The van der Waals surface area contributed by atoms with Crippen molar-refractivity contribution >= 4 is 46.1 Å². The second-order valence-corrected chi connectivity index (χ2v) is 6.68. The number of nitrogens with zero attached hydrogens (tertiary/aromatic N) is 1. The normalized spacial score (nSPS) is 11.0. The molecule has 138 valence electrons. The Hall–Kier alpha value is -3.71. The molecule has 1 amide bonds. The molecule has 0 saturated heterocycles. The van der Waals surface area contributed by atoms with Gasteiger partial charge in [0, 0.05) is 17.8 Å². The van der Waals surface area contributed by atoms with Crippen molar-refractivity contribution in [3.05, 3.63) is 82.9 Å². The molecule has 2 aromatic carbocycles. The average Bonchev–Trinajstić information content (AvgIpc) is 3.37. The lowest BCUT2D eigenvalue weighted by molar-refractivity contribution is -0.128. The van der Waals surface area contributed by atoms with Gasteiger partial charge >= 0.3 is 5.97 Å². The van der Waals surface area contributed by atoms with Crippen molar-refractivity contribution < 1.29 is 18.7 Å². The third kappa shape index (κ3) is 4.16. The van der Waals surface area contributed by atoms with E-state index in [1.807, 2.05) is 29.6 Å². The van der Waals surface area contributed by atoms with Crippen molar-refractivity contribution in [1.29, 1.82) is 0 Å². The van der Waals surface area contributed by atoms with Crippen LogP contribution < -0.4 is 10.1 Å². The smallest absolute Gasteiger partial charge is 0.336 e. The van der Waals surface area contributed by atoms with Crippen LogP contribution in [0.5, 0.6) is 5.75 Å². The number of amides is 1. The van der Waals surface area contributed by atoms with E-state index in [-0.39, 0.29) is 5.91 Å². The van der Waals surface area contributed by atoms with Crippen LogP contribution in [0.3, 0.4) is 0 Å². The summed E-state index contributed by atoms with van der Waals surface area (Å²) in [5, 5.41) is 4.62. The van der Waals surface area contributed by atoms with Gasteiger partial charge in [-0.15, -0.1) is 11.3 Å². The number of fused-ring (bicyclic) bond motifs is 1. The number of anilines is 1. The number of oxazole rings is 1. The van der Waals surface area contributed by atoms with Gasteiger partial charge in [0.1, 0.15) is 11.3 Å². The molecule has 7 heteroatoms. The van der Waals surface area contributed by atoms with Crippen molar-refractivity contribution in [2.45, 2.75) is 0 Å². The molecule has 28 heavy (non-hydrogen) atoms. The number of rotatable bonds is 5. The Labute approximate surface area is 164 Å². The Morgan fingerprint density at radius 2 is 1.86 bits per heavy atom. The highest BCUT2D eigenvalue weighted by atomic mass is 32.1. The summed E-state index contributed by atoms with van der Waals surface area (Å²) in [7, 11) is 0. The second kappa shape index (κ2) is 7.89. The molecule has 2 aromatic heterocycles. The summed E-state index contributed by atoms with van der Waals surface area (Å²) in [4.78, 5) is 28.9. The van der Waals surface area contributed by atoms with E-state index >= 15 is 0 Å². The number of carbonyl (C=O) groups excluding carboxylic acids is 2. The molecule has 4 aromatic rings. The molecular formula is C21H14N2O4S. The highest BCUT2D eigenvalue weighted by molar-refractivity contribution is 7.12. The third-order valence-corrected chi connectivity index (χ3v) is 4.62. The molecule has 2 heterocycles. The first-order valence-electron chi connectivity index (χ1n) is 8.38. The van der Waals surface area contributed by atoms with E-state index in [0.29, 0.717) is 27.8 Å². The minimum absolute atomic E-state index is 0.180. The lowest BCUT2D eigenvalue weighted by atomic mass is 10.3. The topological polar surface area (TPSA) is 81.4 Å². The molecule has 6 nitrogen and oxygen atoms in total. The van der Waals surface area contributed by atoms with E-state index in [1.54, 1.807) is 36.4 Å². The van der Waals surface area contributed by atoms with Crippen LogP contribution in [0.1, 0.15) is 15.6 Å². The molecule has 0 aliphatic rings. The van der Waals surface area contributed by atoms with Crippen LogP contribution in [0.25, 0.3) is 17.2 Å². The first kappa shape index (κ1) is 17.7. The number of hydrogen-bond acceptors (Lipinski definition) is 6. The third-order valence-electron chi connectivity index (χ3n) is 3.75. The van der Waals surface area contributed by atoms with Gasteiger partial charge in [0.25, 0.3) is 5.91 Å². The van der Waals surface area contributed by atoms with Crippen molar-refractivity contribution in [3.63, 3.8) is 0 Å². The minimum Gasteiger partial charge on any atom is -0.437 e. The van der Waals surface area contributed by atoms with Gasteiger partial charge in [0.2, 0.25) is 5.89 Å². The Bertz CT molecular complexity index is 1110. The van der Waals surface area contributed by atoms with Gasteiger partial charge in [0.15, 0.2) is 5.58 Å². The average molecular weight is 390 g/mol. The van der Waals surface area contributed by atoms with Gasteiger partial charge < -0.3 is 14.5 Å². The van der Waals surface area contributed by atoms with Crippen molar-refractivity contribution in [2.24, 2.45) is 0 Å². The van der Waals surface area contributed by atoms with Gasteiger partial charge in [-0.25, -0.2) is 9.78 Å². The number of nitrogens with one attached hydrogen (secondary N) is 1. The maximum atomic E-state index is 12.0. The summed E-state index contributed by atoms with van der Waals surface area (Å²) < 4.78 is 10.7. The van der Waals surface area contributed by atoms with E-state index < -0.39 is 5.97 Å². The highest BCUT2D eigenvalue weighted by Crippen LogP contribution is 2.19. The lowest BCUT2D eigenvalue weighted by Gasteiger charge is -2.05. The summed E-state index contributed by atoms with van der Waals surface area (Å²) in [6.45, 7) is 0. The van der Waals surface area contributed by atoms with Crippen molar-refractivity contribution in [3.8, 4) is 5.75 Å². The summed E-state index contributed by atoms with van der Waals surface area (Å²) in [5.41, 5.74) is 1.98. The molecule has 0 saturated carbocycles. The van der Waals surface area contributed by atoms with Gasteiger partial charge in [0.05, 0.1) is 4.88 Å². The number of hydrogen-bond donors (Lipinski definition) is 1. The predicted molar refractivity (Wildman–Crippen MR) is 107 cm³/mol. The van der Waals surface area contributed by atoms with Gasteiger partial charge in [-0.3, -0.25) is 4.79 Å². The Kier molecular flexibility index (Phi) is 4.99. The molecule has 0 spiro atoms. The summed E-state index contributed by atoms with van der Waals surface area (Å²) in [6.07, 6.45) is 2.70. The second-order valence-electron chi connectivity index (χ2n) is 5.73. The van der Waals surface area contributed by atoms with E-state index in [2.05, 4.69) is 10.3 Å². The fourth-order valence-corrected chi connectivity index (χ4v) is 3.08. The largest absolute Gasteiger partial charge is 0.437 e. The molecular weight excluding hydrogens is 376 g/mol. The summed E-state index contributed by atoms with van der Waals surface area (Å²) in [6, 6.07) is 17.4. The molecule has 0 aliphatic carbocycles. The predicted octanol–water partition coefficient (Wildman–Crippen LogP) is 4.76. The maximum absolute atomic E-state index is 12.0. The van der Waals surface area contributed by atoms with Crippen LogP contribution in [0.15, 0.2) is 76.5 Å². The number of carbonyl (C=O) groups is 2. The quantitative estimate of drug-likeness (QED) is 0.302. The van der Waals surface area contributed by atoms with Crippen LogP contribution in [0, 0.1) is 0 Å². The Balaban J connectivity index is 1.35. The monoisotopic (exact) mass is 390 g/mol. The van der Waals surface area contributed by atoms with Crippen LogP contribution in [-0.2, 0) is 4.79 Å². The number of esters is 1. The van der Waals surface area contributed by atoms with Gasteiger partial charge in [-0.1, -0.05) is 18.2 Å². The molecule has 0 atom stereocenters. The molecule has 4 rings (SSSR count). The Morgan fingerprint density at radius 3 is 2.61 bits per heavy atom. The number of ether oxygens (including phenoxy) is 1. The number of para-hydroxylation sites is 2.